The van der Waals surface area contributed by atoms with Crippen LogP contribution in [0.1, 0.15) is 27.9 Å². The van der Waals surface area contributed by atoms with E-state index < -0.39 is 0 Å². The topological polar surface area (TPSA) is 60.5 Å². The fourth-order valence-electron chi connectivity index (χ4n) is 3.10. The normalized spacial score (nSPS) is 17.6. The Hall–Kier alpha value is -2.86. The minimum absolute atomic E-state index is 0.0282. The summed E-state index contributed by atoms with van der Waals surface area (Å²) in [5.41, 5.74) is 2.38. The van der Waals surface area contributed by atoms with Crippen LogP contribution in [0.25, 0.3) is 5.69 Å². The van der Waals surface area contributed by atoms with Crippen molar-refractivity contribution < 1.29 is 13.9 Å². The van der Waals surface area contributed by atoms with Gasteiger partial charge in [-0.1, -0.05) is 18.2 Å². The predicted octanol–water partition coefficient (Wildman–Crippen LogP) is 2.99. The molecular formula is C19H19N3O3. The SMILES string of the molecule is Cc1c(C(=O)N2CCO[C@@H](c3ccco3)C2)cnn1-c1ccccc1. The molecule has 1 aromatic carbocycles. The molecule has 6 nitrogen and oxygen atoms in total. The quantitative estimate of drug-likeness (QED) is 0.737. The highest BCUT2D eigenvalue weighted by molar-refractivity contribution is 5.95. The van der Waals surface area contributed by atoms with Crippen LogP contribution in [0.5, 0.6) is 0 Å². The third-order valence-electron chi connectivity index (χ3n) is 4.46. The second-order valence-corrected chi connectivity index (χ2v) is 6.02. The van der Waals surface area contributed by atoms with Crippen molar-refractivity contribution in [3.05, 3.63) is 71.9 Å². The number of benzene rings is 1. The Kier molecular flexibility index (Phi) is 4.11. The summed E-state index contributed by atoms with van der Waals surface area (Å²) in [4.78, 5) is 14.8. The van der Waals surface area contributed by atoms with E-state index in [2.05, 4.69) is 5.10 Å². The Bertz CT molecular complexity index is 855. The number of rotatable bonds is 3. The van der Waals surface area contributed by atoms with Crippen molar-refractivity contribution in [2.24, 2.45) is 0 Å². The van der Waals surface area contributed by atoms with E-state index in [-0.39, 0.29) is 12.0 Å². The molecule has 1 aliphatic rings. The molecule has 3 heterocycles. The number of amides is 1. The number of furan rings is 1. The lowest BCUT2D eigenvalue weighted by Crippen LogP contribution is -2.42. The first-order valence-corrected chi connectivity index (χ1v) is 8.28. The minimum Gasteiger partial charge on any atom is -0.467 e. The van der Waals surface area contributed by atoms with E-state index in [9.17, 15) is 4.79 Å². The number of nitrogens with zero attached hydrogens (tertiary/aromatic N) is 3. The molecule has 0 unspecified atom stereocenters. The standard InChI is InChI=1S/C19H19N3O3/c1-14-16(12-20-22(14)15-6-3-2-4-7-15)19(23)21-9-11-25-18(13-21)17-8-5-10-24-17/h2-8,10,12,18H,9,11,13H2,1H3/t18-/m1/s1. The first-order valence-electron chi connectivity index (χ1n) is 8.28. The second-order valence-electron chi connectivity index (χ2n) is 6.02. The maximum absolute atomic E-state index is 13.0. The summed E-state index contributed by atoms with van der Waals surface area (Å²) < 4.78 is 12.9. The molecule has 128 valence electrons. The van der Waals surface area contributed by atoms with Crippen LogP contribution in [-0.4, -0.2) is 40.3 Å². The van der Waals surface area contributed by atoms with Crippen molar-refractivity contribution in [1.82, 2.24) is 14.7 Å². The van der Waals surface area contributed by atoms with Crippen molar-refractivity contribution >= 4 is 5.91 Å². The molecule has 1 amide bonds. The van der Waals surface area contributed by atoms with Crippen LogP contribution >= 0.6 is 0 Å². The number of morpholine rings is 1. The number of ether oxygens (including phenoxy) is 1. The molecule has 3 aromatic rings. The van der Waals surface area contributed by atoms with Crippen LogP contribution in [0.15, 0.2) is 59.3 Å². The molecule has 4 rings (SSSR count). The van der Waals surface area contributed by atoms with E-state index in [1.807, 2.05) is 49.4 Å². The Morgan fingerprint density at radius 3 is 2.80 bits per heavy atom. The van der Waals surface area contributed by atoms with E-state index in [1.54, 1.807) is 22.0 Å². The first kappa shape index (κ1) is 15.7. The van der Waals surface area contributed by atoms with Crippen molar-refractivity contribution in [2.75, 3.05) is 19.7 Å². The van der Waals surface area contributed by atoms with E-state index in [1.165, 1.54) is 0 Å². The van der Waals surface area contributed by atoms with Crippen LogP contribution in [0.4, 0.5) is 0 Å². The zero-order valence-electron chi connectivity index (χ0n) is 14.0. The number of aromatic nitrogens is 2. The van der Waals surface area contributed by atoms with Gasteiger partial charge in [0.1, 0.15) is 11.9 Å². The largest absolute Gasteiger partial charge is 0.467 e. The van der Waals surface area contributed by atoms with E-state index >= 15 is 0 Å². The molecule has 25 heavy (non-hydrogen) atoms. The van der Waals surface area contributed by atoms with Gasteiger partial charge in [0.15, 0.2) is 0 Å². The lowest BCUT2D eigenvalue weighted by atomic mass is 10.1. The number of hydrogen-bond donors (Lipinski definition) is 0. The van der Waals surface area contributed by atoms with Gasteiger partial charge < -0.3 is 14.1 Å². The Morgan fingerprint density at radius 1 is 1.20 bits per heavy atom. The van der Waals surface area contributed by atoms with Crippen molar-refractivity contribution in [1.29, 1.82) is 0 Å². The maximum atomic E-state index is 13.0. The predicted molar refractivity (Wildman–Crippen MR) is 91.6 cm³/mol. The van der Waals surface area contributed by atoms with Gasteiger partial charge in [-0.05, 0) is 31.2 Å². The zero-order valence-corrected chi connectivity index (χ0v) is 14.0. The highest BCUT2D eigenvalue weighted by Crippen LogP contribution is 2.24. The van der Waals surface area contributed by atoms with Gasteiger partial charge in [-0.25, -0.2) is 4.68 Å². The van der Waals surface area contributed by atoms with Crippen molar-refractivity contribution in [2.45, 2.75) is 13.0 Å². The summed E-state index contributed by atoms with van der Waals surface area (Å²) in [6, 6.07) is 13.5. The Morgan fingerprint density at radius 2 is 2.04 bits per heavy atom. The summed E-state index contributed by atoms with van der Waals surface area (Å²) in [7, 11) is 0. The van der Waals surface area contributed by atoms with Crippen LogP contribution < -0.4 is 0 Å². The molecule has 2 aromatic heterocycles. The second kappa shape index (κ2) is 6.57. The number of carbonyl (C=O) groups excluding carboxylic acids is 1. The van der Waals surface area contributed by atoms with Crippen molar-refractivity contribution in [3.8, 4) is 5.69 Å². The average molecular weight is 337 g/mol. The highest BCUT2D eigenvalue weighted by Gasteiger charge is 2.29. The lowest BCUT2D eigenvalue weighted by Gasteiger charge is -2.31. The lowest BCUT2D eigenvalue weighted by molar-refractivity contribution is -0.0321. The van der Waals surface area contributed by atoms with Gasteiger partial charge in [-0.2, -0.15) is 5.10 Å². The third-order valence-corrected chi connectivity index (χ3v) is 4.46. The number of hydrogen-bond acceptors (Lipinski definition) is 4. The molecule has 0 spiro atoms. The summed E-state index contributed by atoms with van der Waals surface area (Å²) >= 11 is 0. The molecule has 0 aliphatic carbocycles. The van der Waals surface area contributed by atoms with Gasteiger partial charge >= 0.3 is 0 Å². The highest BCUT2D eigenvalue weighted by atomic mass is 16.5. The van der Waals surface area contributed by atoms with Gasteiger partial charge in [0.2, 0.25) is 0 Å². The molecular weight excluding hydrogens is 318 g/mol. The molecule has 1 atom stereocenters. The molecule has 6 heteroatoms. The van der Waals surface area contributed by atoms with Crippen LogP contribution in [-0.2, 0) is 4.74 Å². The van der Waals surface area contributed by atoms with E-state index in [4.69, 9.17) is 9.15 Å². The van der Waals surface area contributed by atoms with Crippen LogP contribution in [0, 0.1) is 6.92 Å². The molecule has 0 bridgehead atoms. The molecule has 1 aliphatic heterocycles. The van der Waals surface area contributed by atoms with Gasteiger partial charge in [-0.15, -0.1) is 0 Å². The molecule has 0 radical (unpaired) electrons. The summed E-state index contributed by atoms with van der Waals surface area (Å²) in [5, 5.41) is 4.39. The summed E-state index contributed by atoms with van der Waals surface area (Å²) in [6.45, 7) is 3.44. The van der Waals surface area contributed by atoms with Crippen LogP contribution in [0.2, 0.25) is 0 Å². The number of para-hydroxylation sites is 1. The molecule has 0 N–H and O–H groups in total. The van der Waals surface area contributed by atoms with Gasteiger partial charge in [0.25, 0.3) is 5.91 Å². The Labute approximate surface area is 145 Å². The van der Waals surface area contributed by atoms with E-state index in [0.717, 1.165) is 17.1 Å². The smallest absolute Gasteiger partial charge is 0.257 e. The fourth-order valence-corrected chi connectivity index (χ4v) is 3.10. The third kappa shape index (κ3) is 2.96. The minimum atomic E-state index is -0.225. The van der Waals surface area contributed by atoms with E-state index in [0.29, 0.717) is 25.3 Å². The van der Waals surface area contributed by atoms with Gasteiger partial charge in [-0.3, -0.25) is 4.79 Å². The summed E-state index contributed by atoms with van der Waals surface area (Å²) in [5.74, 6) is 0.716. The maximum Gasteiger partial charge on any atom is 0.257 e. The monoisotopic (exact) mass is 337 g/mol. The average Bonchev–Trinajstić information content (AvgIpc) is 3.32. The molecule has 1 fully saturated rings. The Balaban J connectivity index is 1.56. The van der Waals surface area contributed by atoms with Crippen molar-refractivity contribution in [3.63, 3.8) is 0 Å². The zero-order chi connectivity index (χ0) is 17.2. The fraction of sp³-hybridized carbons (Fsp3) is 0.263. The summed E-state index contributed by atoms with van der Waals surface area (Å²) in [6.07, 6.45) is 3.03. The number of carbonyl (C=O) groups is 1. The molecule has 0 saturated carbocycles. The molecule has 1 saturated heterocycles. The first-order chi connectivity index (χ1) is 12.2. The van der Waals surface area contributed by atoms with Crippen LogP contribution in [0.3, 0.4) is 0 Å². The van der Waals surface area contributed by atoms with Gasteiger partial charge in [0.05, 0.1) is 42.6 Å². The van der Waals surface area contributed by atoms with Gasteiger partial charge in [0, 0.05) is 6.54 Å².